The van der Waals surface area contributed by atoms with Gasteiger partial charge in [-0.3, -0.25) is 4.79 Å². The summed E-state index contributed by atoms with van der Waals surface area (Å²) in [6, 6.07) is 4.89. The van der Waals surface area contributed by atoms with E-state index in [9.17, 15) is 9.59 Å². The molecular weight excluding hydrogens is 310 g/mol. The van der Waals surface area contributed by atoms with E-state index < -0.39 is 11.6 Å². The van der Waals surface area contributed by atoms with Crippen molar-refractivity contribution >= 4 is 17.6 Å². The summed E-state index contributed by atoms with van der Waals surface area (Å²) in [5, 5.41) is 2.80. The second-order valence-electron chi connectivity index (χ2n) is 5.34. The lowest BCUT2D eigenvalue weighted by Crippen LogP contribution is -2.42. The zero-order valence-corrected chi connectivity index (χ0v) is 15.1. The zero-order chi connectivity index (χ0) is 18.2. The van der Waals surface area contributed by atoms with E-state index in [2.05, 4.69) is 5.32 Å². The number of carbonyl (C=O) groups is 2. The van der Waals surface area contributed by atoms with E-state index >= 15 is 0 Å². The van der Waals surface area contributed by atoms with Crippen molar-refractivity contribution in [3.63, 3.8) is 0 Å². The molecule has 1 rings (SSSR count). The highest BCUT2D eigenvalue weighted by Crippen LogP contribution is 2.25. The van der Waals surface area contributed by atoms with Crippen LogP contribution in [0.3, 0.4) is 0 Å². The van der Waals surface area contributed by atoms with E-state index in [0.29, 0.717) is 31.1 Å². The van der Waals surface area contributed by atoms with Crippen molar-refractivity contribution in [2.24, 2.45) is 0 Å². The maximum absolute atomic E-state index is 12.5. The first-order valence-electron chi connectivity index (χ1n) is 8.31. The summed E-state index contributed by atoms with van der Waals surface area (Å²) in [6.45, 7) is 10.2. The zero-order valence-electron chi connectivity index (χ0n) is 15.1. The second-order valence-corrected chi connectivity index (χ2v) is 5.34. The number of hydrogen-bond donors (Lipinski definition) is 1. The average molecular weight is 337 g/mol. The van der Waals surface area contributed by atoms with Crippen LogP contribution >= 0.6 is 0 Å². The van der Waals surface area contributed by atoms with Crippen molar-refractivity contribution in [3.8, 4) is 5.75 Å². The Bertz CT molecular complexity index is 573. The minimum absolute atomic E-state index is 0.259. The second kappa shape index (κ2) is 9.27. The molecule has 24 heavy (non-hydrogen) atoms. The molecule has 0 aliphatic rings. The SMILES string of the molecule is CCOC(=O)c1cc(NC(=O)C(C)(CC)OCC)ccc1OCC. The Morgan fingerprint density at radius 1 is 1.08 bits per heavy atom. The maximum atomic E-state index is 12.5. The molecule has 134 valence electrons. The van der Waals surface area contributed by atoms with E-state index in [1.165, 1.54) is 0 Å². The standard InChI is InChI=1S/C18H27NO5/c1-6-18(5,24-9-4)17(21)19-13-10-11-15(22-7-2)14(12-13)16(20)23-8-3/h10-12H,6-9H2,1-5H3,(H,19,21). The van der Waals surface area contributed by atoms with Gasteiger partial charge in [0, 0.05) is 12.3 Å². The smallest absolute Gasteiger partial charge is 0.341 e. The van der Waals surface area contributed by atoms with E-state index in [4.69, 9.17) is 14.2 Å². The number of hydrogen-bond acceptors (Lipinski definition) is 5. The summed E-state index contributed by atoms with van der Waals surface area (Å²) < 4.78 is 16.1. The van der Waals surface area contributed by atoms with E-state index in [-0.39, 0.29) is 18.1 Å². The van der Waals surface area contributed by atoms with Gasteiger partial charge in [0.2, 0.25) is 0 Å². The number of nitrogens with one attached hydrogen (secondary N) is 1. The molecule has 1 unspecified atom stereocenters. The monoisotopic (exact) mass is 337 g/mol. The fraction of sp³-hybridized carbons (Fsp3) is 0.556. The van der Waals surface area contributed by atoms with Gasteiger partial charge in [-0.2, -0.15) is 0 Å². The largest absolute Gasteiger partial charge is 0.493 e. The highest BCUT2D eigenvalue weighted by atomic mass is 16.5. The summed E-state index contributed by atoms with van der Waals surface area (Å²) in [5.74, 6) is -0.317. The molecule has 0 aromatic heterocycles. The Morgan fingerprint density at radius 2 is 1.79 bits per heavy atom. The van der Waals surface area contributed by atoms with E-state index in [1.807, 2.05) is 20.8 Å². The maximum Gasteiger partial charge on any atom is 0.341 e. The first-order chi connectivity index (χ1) is 11.4. The lowest BCUT2D eigenvalue weighted by molar-refractivity contribution is -0.139. The van der Waals surface area contributed by atoms with Crippen LogP contribution in [0.2, 0.25) is 0 Å². The van der Waals surface area contributed by atoms with Gasteiger partial charge in [-0.15, -0.1) is 0 Å². The molecule has 1 N–H and O–H groups in total. The third-order valence-corrected chi connectivity index (χ3v) is 3.65. The number of benzene rings is 1. The van der Waals surface area contributed by atoms with Crippen LogP contribution in [0.4, 0.5) is 5.69 Å². The van der Waals surface area contributed by atoms with Crippen molar-refractivity contribution in [3.05, 3.63) is 23.8 Å². The Kier molecular flexibility index (Phi) is 7.71. The molecule has 0 spiro atoms. The lowest BCUT2D eigenvalue weighted by Gasteiger charge is -2.26. The molecule has 1 amide bonds. The Hall–Kier alpha value is -2.08. The highest BCUT2D eigenvalue weighted by Gasteiger charge is 2.32. The topological polar surface area (TPSA) is 73.9 Å². The first-order valence-corrected chi connectivity index (χ1v) is 8.31. The molecule has 0 aliphatic heterocycles. The predicted molar refractivity (Wildman–Crippen MR) is 92.5 cm³/mol. The highest BCUT2D eigenvalue weighted by molar-refractivity contribution is 5.99. The van der Waals surface area contributed by atoms with Crippen molar-refractivity contribution in [2.75, 3.05) is 25.1 Å². The molecule has 0 fully saturated rings. The molecule has 0 bridgehead atoms. The summed E-state index contributed by atoms with van der Waals surface area (Å²) >= 11 is 0. The molecule has 6 nitrogen and oxygen atoms in total. The Morgan fingerprint density at radius 3 is 2.33 bits per heavy atom. The number of ether oxygens (including phenoxy) is 3. The predicted octanol–water partition coefficient (Wildman–Crippen LogP) is 3.41. The molecule has 0 heterocycles. The van der Waals surface area contributed by atoms with Crippen LogP contribution in [0.1, 0.15) is 51.4 Å². The van der Waals surface area contributed by atoms with Gasteiger partial charge >= 0.3 is 5.97 Å². The van der Waals surface area contributed by atoms with Gasteiger partial charge in [-0.05, 0) is 52.3 Å². The van der Waals surface area contributed by atoms with Gasteiger partial charge in [0.15, 0.2) is 0 Å². The fourth-order valence-electron chi connectivity index (χ4n) is 2.17. The minimum Gasteiger partial charge on any atom is -0.493 e. The van der Waals surface area contributed by atoms with Crippen molar-refractivity contribution in [2.45, 2.75) is 46.6 Å². The molecule has 0 aliphatic carbocycles. The fourth-order valence-corrected chi connectivity index (χ4v) is 2.17. The number of carbonyl (C=O) groups excluding carboxylic acids is 2. The van der Waals surface area contributed by atoms with Crippen LogP contribution < -0.4 is 10.1 Å². The normalized spacial score (nSPS) is 13.0. The Labute approximate surface area is 143 Å². The van der Waals surface area contributed by atoms with Gasteiger partial charge in [0.25, 0.3) is 5.91 Å². The van der Waals surface area contributed by atoms with Gasteiger partial charge in [-0.1, -0.05) is 6.92 Å². The molecule has 1 aromatic rings. The third-order valence-electron chi connectivity index (χ3n) is 3.65. The van der Waals surface area contributed by atoms with Gasteiger partial charge in [0.1, 0.15) is 16.9 Å². The Balaban J connectivity index is 3.06. The van der Waals surface area contributed by atoms with Crippen molar-refractivity contribution < 1.29 is 23.8 Å². The molecule has 0 saturated heterocycles. The van der Waals surface area contributed by atoms with Crippen LogP contribution in [0, 0.1) is 0 Å². The molecule has 1 aromatic carbocycles. The number of amides is 1. The number of esters is 1. The third kappa shape index (κ3) is 4.96. The van der Waals surface area contributed by atoms with Gasteiger partial charge in [-0.25, -0.2) is 4.79 Å². The summed E-state index contributed by atoms with van der Waals surface area (Å²) in [4.78, 5) is 24.6. The lowest BCUT2D eigenvalue weighted by atomic mass is 10.0. The van der Waals surface area contributed by atoms with E-state index in [1.54, 1.807) is 32.0 Å². The van der Waals surface area contributed by atoms with Crippen LogP contribution in [-0.2, 0) is 14.3 Å². The minimum atomic E-state index is -0.919. The summed E-state index contributed by atoms with van der Waals surface area (Å²) in [5.41, 5.74) is -0.144. The van der Waals surface area contributed by atoms with Gasteiger partial charge < -0.3 is 19.5 Å². The van der Waals surface area contributed by atoms with Crippen molar-refractivity contribution in [1.82, 2.24) is 0 Å². The van der Waals surface area contributed by atoms with E-state index in [0.717, 1.165) is 0 Å². The first kappa shape index (κ1) is 20.0. The van der Waals surface area contributed by atoms with Crippen LogP contribution in [0.5, 0.6) is 5.75 Å². The number of rotatable bonds is 9. The molecule has 6 heteroatoms. The van der Waals surface area contributed by atoms with Crippen LogP contribution in [0.25, 0.3) is 0 Å². The molecule has 0 radical (unpaired) electrons. The van der Waals surface area contributed by atoms with Crippen LogP contribution in [-0.4, -0.2) is 37.3 Å². The summed E-state index contributed by atoms with van der Waals surface area (Å²) in [6.07, 6.45) is 0.536. The molecule has 1 atom stereocenters. The quantitative estimate of drug-likeness (QED) is 0.699. The average Bonchev–Trinajstić information content (AvgIpc) is 2.56. The molecule has 0 saturated carbocycles. The van der Waals surface area contributed by atoms with Crippen molar-refractivity contribution in [1.29, 1.82) is 0 Å². The van der Waals surface area contributed by atoms with Crippen LogP contribution in [0.15, 0.2) is 18.2 Å². The summed E-state index contributed by atoms with van der Waals surface area (Å²) in [7, 11) is 0. The molecular formula is C18H27NO5. The van der Waals surface area contributed by atoms with Gasteiger partial charge in [0.05, 0.1) is 13.2 Å². The number of anilines is 1.